The minimum Gasteiger partial charge on any atom is -0.478 e. The van der Waals surface area contributed by atoms with Gasteiger partial charge in [0.1, 0.15) is 6.07 Å². The second kappa shape index (κ2) is 5.79. The first-order chi connectivity index (χ1) is 6.24. The Morgan fingerprint density at radius 2 is 1.93 bits per heavy atom. The third kappa shape index (κ3) is 3.30. The largest absolute Gasteiger partial charge is 0.478 e. The molecule has 0 atom stereocenters. The molecule has 0 unspecified atom stereocenters. The molecule has 1 aromatic carbocycles. The van der Waals surface area contributed by atoms with Gasteiger partial charge in [-0.05, 0) is 5.56 Å². The number of nitriles is 1. The summed E-state index contributed by atoms with van der Waals surface area (Å²) < 4.78 is 0. The fourth-order valence-electron chi connectivity index (χ4n) is 0.921. The zero-order chi connectivity index (χ0) is 9.68. The van der Waals surface area contributed by atoms with E-state index in [0.717, 1.165) is 6.08 Å². The minimum absolute atomic E-state index is 0. The molecule has 0 saturated heterocycles. The molecular formula is C10H8ClNO2. The van der Waals surface area contributed by atoms with E-state index in [1.807, 2.05) is 6.07 Å². The zero-order valence-electron chi connectivity index (χ0n) is 7.18. The molecule has 4 heteroatoms. The Kier molecular flexibility index (Phi) is 5.05. The highest BCUT2D eigenvalue weighted by molar-refractivity contribution is 5.94. The van der Waals surface area contributed by atoms with Gasteiger partial charge in [-0.3, -0.25) is 0 Å². The van der Waals surface area contributed by atoms with Crippen LogP contribution in [0.25, 0.3) is 5.57 Å². The number of hydrogen-bond acceptors (Lipinski definition) is 2. The van der Waals surface area contributed by atoms with Gasteiger partial charge in [0.15, 0.2) is 0 Å². The van der Waals surface area contributed by atoms with Gasteiger partial charge in [-0.2, -0.15) is 5.26 Å². The first-order valence-corrected chi connectivity index (χ1v) is 3.64. The van der Waals surface area contributed by atoms with Crippen molar-refractivity contribution < 1.29 is 9.90 Å². The van der Waals surface area contributed by atoms with Crippen molar-refractivity contribution in [3.05, 3.63) is 42.0 Å². The van der Waals surface area contributed by atoms with Crippen LogP contribution in [0.15, 0.2) is 36.4 Å². The SMILES string of the molecule is Cl.N#CC(=CC(=O)O)c1ccccc1. The first kappa shape index (κ1) is 12.2. The van der Waals surface area contributed by atoms with Crippen LogP contribution in [0.2, 0.25) is 0 Å². The number of allylic oxidation sites excluding steroid dienone is 1. The van der Waals surface area contributed by atoms with Gasteiger partial charge in [0.05, 0.1) is 5.57 Å². The number of nitrogens with zero attached hydrogens (tertiary/aromatic N) is 1. The molecule has 1 aromatic rings. The number of rotatable bonds is 2. The summed E-state index contributed by atoms with van der Waals surface area (Å²) in [7, 11) is 0. The quantitative estimate of drug-likeness (QED) is 0.599. The number of hydrogen-bond donors (Lipinski definition) is 1. The average Bonchev–Trinajstić information content (AvgIpc) is 2.15. The summed E-state index contributed by atoms with van der Waals surface area (Å²) in [6.07, 6.45) is 0.898. The molecule has 0 saturated carbocycles. The van der Waals surface area contributed by atoms with Crippen molar-refractivity contribution in [1.29, 1.82) is 5.26 Å². The van der Waals surface area contributed by atoms with Gasteiger partial charge in [0.25, 0.3) is 0 Å². The normalized spacial score (nSPS) is 9.79. The van der Waals surface area contributed by atoms with E-state index < -0.39 is 5.97 Å². The lowest BCUT2D eigenvalue weighted by atomic mass is 10.1. The van der Waals surface area contributed by atoms with E-state index in [0.29, 0.717) is 5.56 Å². The van der Waals surface area contributed by atoms with Gasteiger partial charge >= 0.3 is 5.97 Å². The Hall–Kier alpha value is -1.79. The van der Waals surface area contributed by atoms with Gasteiger partial charge in [0.2, 0.25) is 0 Å². The summed E-state index contributed by atoms with van der Waals surface area (Å²) in [4.78, 5) is 10.3. The maximum atomic E-state index is 10.3. The van der Waals surface area contributed by atoms with Crippen LogP contribution >= 0.6 is 12.4 Å². The van der Waals surface area contributed by atoms with E-state index in [1.165, 1.54) is 0 Å². The van der Waals surface area contributed by atoms with Crippen LogP contribution in [0.5, 0.6) is 0 Å². The Labute approximate surface area is 87.7 Å². The van der Waals surface area contributed by atoms with Crippen LogP contribution in [0.1, 0.15) is 5.56 Å². The van der Waals surface area contributed by atoms with E-state index in [1.54, 1.807) is 30.3 Å². The standard InChI is InChI=1S/C10H7NO2.ClH/c11-7-9(6-10(12)13)8-4-2-1-3-5-8;/h1-6H,(H,12,13);1H. The van der Waals surface area contributed by atoms with Crippen molar-refractivity contribution in [2.24, 2.45) is 0 Å². The molecule has 0 bridgehead atoms. The van der Waals surface area contributed by atoms with Crippen molar-refractivity contribution in [3.8, 4) is 6.07 Å². The molecule has 3 nitrogen and oxygen atoms in total. The van der Waals surface area contributed by atoms with Gasteiger partial charge < -0.3 is 5.11 Å². The summed E-state index contributed by atoms with van der Waals surface area (Å²) in [5.41, 5.74) is 0.778. The second-order valence-electron chi connectivity index (χ2n) is 2.37. The van der Waals surface area contributed by atoms with Crippen molar-refractivity contribution in [2.45, 2.75) is 0 Å². The Morgan fingerprint density at radius 3 is 2.36 bits per heavy atom. The summed E-state index contributed by atoms with van der Waals surface area (Å²) in [6, 6.07) is 10.5. The van der Waals surface area contributed by atoms with E-state index in [4.69, 9.17) is 10.4 Å². The van der Waals surface area contributed by atoms with Crippen LogP contribution in [-0.4, -0.2) is 11.1 Å². The molecule has 0 fully saturated rings. The molecule has 0 heterocycles. The third-order valence-corrected chi connectivity index (χ3v) is 1.47. The second-order valence-corrected chi connectivity index (χ2v) is 2.37. The molecule has 1 rings (SSSR count). The highest BCUT2D eigenvalue weighted by Gasteiger charge is 2.01. The average molecular weight is 210 g/mol. The third-order valence-electron chi connectivity index (χ3n) is 1.47. The Morgan fingerprint density at radius 1 is 1.36 bits per heavy atom. The predicted molar refractivity (Wildman–Crippen MR) is 54.9 cm³/mol. The highest BCUT2D eigenvalue weighted by Crippen LogP contribution is 2.11. The van der Waals surface area contributed by atoms with Crippen LogP contribution < -0.4 is 0 Å². The molecule has 14 heavy (non-hydrogen) atoms. The molecule has 0 aliphatic rings. The van der Waals surface area contributed by atoms with Crippen molar-refractivity contribution >= 4 is 23.9 Å². The molecule has 1 N–H and O–H groups in total. The Bertz CT molecular complexity index is 379. The van der Waals surface area contributed by atoms with Crippen molar-refractivity contribution in [1.82, 2.24) is 0 Å². The van der Waals surface area contributed by atoms with Gasteiger partial charge in [-0.25, -0.2) is 4.79 Å². The van der Waals surface area contributed by atoms with Crippen LogP contribution in [0.4, 0.5) is 0 Å². The number of carboxylic acid groups (broad SMARTS) is 1. The summed E-state index contributed by atoms with van der Waals surface area (Å²) >= 11 is 0. The monoisotopic (exact) mass is 209 g/mol. The summed E-state index contributed by atoms with van der Waals surface area (Å²) in [6.45, 7) is 0. The lowest BCUT2D eigenvalue weighted by molar-refractivity contribution is -0.131. The minimum atomic E-state index is -1.11. The number of carbonyl (C=O) groups is 1. The van der Waals surface area contributed by atoms with E-state index >= 15 is 0 Å². The van der Waals surface area contributed by atoms with Gasteiger partial charge in [-0.15, -0.1) is 12.4 Å². The molecule has 0 aliphatic heterocycles. The number of aliphatic carboxylic acids is 1. The van der Waals surface area contributed by atoms with E-state index in [-0.39, 0.29) is 18.0 Å². The van der Waals surface area contributed by atoms with Gasteiger partial charge in [-0.1, -0.05) is 30.3 Å². The predicted octanol–water partition coefficient (Wildman–Crippen LogP) is 2.10. The molecule has 0 spiro atoms. The summed E-state index contributed by atoms with van der Waals surface area (Å²) in [5, 5.41) is 17.1. The maximum Gasteiger partial charge on any atom is 0.329 e. The number of benzene rings is 1. The molecule has 0 aliphatic carbocycles. The fraction of sp³-hybridized carbons (Fsp3) is 0. The van der Waals surface area contributed by atoms with Crippen molar-refractivity contribution in [2.75, 3.05) is 0 Å². The summed E-state index contributed by atoms with van der Waals surface area (Å²) in [5.74, 6) is -1.11. The van der Waals surface area contributed by atoms with Crippen molar-refractivity contribution in [3.63, 3.8) is 0 Å². The molecule has 72 valence electrons. The van der Waals surface area contributed by atoms with E-state index in [2.05, 4.69) is 0 Å². The number of halogens is 1. The molecule has 0 amide bonds. The van der Waals surface area contributed by atoms with E-state index in [9.17, 15) is 4.79 Å². The van der Waals surface area contributed by atoms with Crippen LogP contribution in [-0.2, 0) is 4.79 Å². The van der Waals surface area contributed by atoms with Crippen LogP contribution in [0, 0.1) is 11.3 Å². The lowest BCUT2D eigenvalue weighted by Gasteiger charge is -1.95. The Balaban J connectivity index is 0.00000169. The molecular weight excluding hydrogens is 202 g/mol. The maximum absolute atomic E-state index is 10.3. The van der Waals surface area contributed by atoms with Crippen LogP contribution in [0.3, 0.4) is 0 Å². The first-order valence-electron chi connectivity index (χ1n) is 3.64. The smallest absolute Gasteiger partial charge is 0.329 e. The molecule has 0 radical (unpaired) electrons. The lowest BCUT2D eigenvalue weighted by Crippen LogP contribution is -1.90. The highest BCUT2D eigenvalue weighted by atomic mass is 35.5. The fourth-order valence-corrected chi connectivity index (χ4v) is 0.921. The molecule has 0 aromatic heterocycles. The van der Waals surface area contributed by atoms with Gasteiger partial charge in [0, 0.05) is 6.08 Å². The topological polar surface area (TPSA) is 61.1 Å². The number of carboxylic acids is 1. The zero-order valence-corrected chi connectivity index (χ0v) is 7.99.